The molecule has 2 aromatic rings. The van der Waals surface area contributed by atoms with Crippen LogP contribution in [0, 0.1) is 0 Å². The van der Waals surface area contributed by atoms with Gasteiger partial charge in [-0.25, -0.2) is 4.79 Å². The minimum absolute atomic E-state index is 0.0141. The van der Waals surface area contributed by atoms with E-state index in [-0.39, 0.29) is 31.4 Å². The van der Waals surface area contributed by atoms with Gasteiger partial charge >= 0.3 is 11.9 Å². The van der Waals surface area contributed by atoms with E-state index in [0.717, 1.165) is 0 Å². The standard InChI is InChI=1S/C25H30N4O8/c26-18(10-11-22(32)33)23(34)27-14-21(31)28-19(12-15-4-2-1-3-5-15)24(35)29-20(25(36)37)13-16-6-8-17(30)9-7-16/h1-9,18-20,30H,10-14,26H2,(H,27,34)(H,28,31)(H,29,35)(H,32,33)(H,36,37). The summed E-state index contributed by atoms with van der Waals surface area (Å²) in [6, 6.07) is 11.0. The first-order valence-electron chi connectivity index (χ1n) is 11.4. The molecule has 3 unspecified atom stereocenters. The molecule has 37 heavy (non-hydrogen) atoms. The number of amides is 3. The molecule has 0 aliphatic carbocycles. The smallest absolute Gasteiger partial charge is 0.326 e. The predicted octanol–water partition coefficient (Wildman–Crippen LogP) is -0.460. The Bertz CT molecular complexity index is 1090. The fourth-order valence-corrected chi connectivity index (χ4v) is 3.35. The van der Waals surface area contributed by atoms with E-state index >= 15 is 0 Å². The summed E-state index contributed by atoms with van der Waals surface area (Å²) in [5, 5.41) is 35.0. The third kappa shape index (κ3) is 10.4. The summed E-state index contributed by atoms with van der Waals surface area (Å²) < 4.78 is 0. The van der Waals surface area contributed by atoms with Crippen LogP contribution in [0.1, 0.15) is 24.0 Å². The summed E-state index contributed by atoms with van der Waals surface area (Å²) >= 11 is 0. The van der Waals surface area contributed by atoms with Crippen LogP contribution in [0.25, 0.3) is 0 Å². The van der Waals surface area contributed by atoms with Crippen LogP contribution in [0.4, 0.5) is 0 Å². The number of hydrogen-bond acceptors (Lipinski definition) is 7. The lowest BCUT2D eigenvalue weighted by Gasteiger charge is -2.22. The van der Waals surface area contributed by atoms with Gasteiger partial charge in [-0.15, -0.1) is 0 Å². The topological polar surface area (TPSA) is 208 Å². The Morgan fingerprint density at radius 1 is 0.784 bits per heavy atom. The van der Waals surface area contributed by atoms with Crippen molar-refractivity contribution in [1.82, 2.24) is 16.0 Å². The molecule has 0 aliphatic rings. The second-order valence-corrected chi connectivity index (χ2v) is 8.34. The molecule has 0 bridgehead atoms. The Hall–Kier alpha value is -4.45. The van der Waals surface area contributed by atoms with E-state index in [0.29, 0.717) is 11.1 Å². The van der Waals surface area contributed by atoms with Gasteiger partial charge in [0, 0.05) is 19.3 Å². The third-order valence-corrected chi connectivity index (χ3v) is 5.35. The average Bonchev–Trinajstić information content (AvgIpc) is 2.86. The molecule has 8 N–H and O–H groups in total. The van der Waals surface area contributed by atoms with Gasteiger partial charge in [-0.05, 0) is 29.7 Å². The van der Waals surface area contributed by atoms with Gasteiger partial charge < -0.3 is 37.0 Å². The maximum atomic E-state index is 13.0. The molecule has 198 valence electrons. The molecular formula is C25H30N4O8. The summed E-state index contributed by atoms with van der Waals surface area (Å²) in [6.45, 7) is -0.520. The maximum absolute atomic E-state index is 13.0. The van der Waals surface area contributed by atoms with Gasteiger partial charge in [-0.2, -0.15) is 0 Å². The molecule has 0 heterocycles. The first-order valence-corrected chi connectivity index (χ1v) is 11.4. The lowest BCUT2D eigenvalue weighted by Crippen LogP contribution is -2.54. The van der Waals surface area contributed by atoms with Crippen LogP contribution < -0.4 is 21.7 Å². The molecule has 2 aromatic carbocycles. The van der Waals surface area contributed by atoms with E-state index in [2.05, 4.69) is 16.0 Å². The Labute approximate surface area is 212 Å². The van der Waals surface area contributed by atoms with Gasteiger partial charge in [-0.1, -0.05) is 42.5 Å². The summed E-state index contributed by atoms with van der Waals surface area (Å²) in [5.41, 5.74) is 6.89. The fourth-order valence-electron chi connectivity index (χ4n) is 3.35. The number of carboxylic acid groups (broad SMARTS) is 2. The van der Waals surface area contributed by atoms with Crippen LogP contribution in [-0.2, 0) is 36.8 Å². The molecular weight excluding hydrogens is 484 g/mol. The molecule has 3 amide bonds. The highest BCUT2D eigenvalue weighted by Crippen LogP contribution is 2.12. The van der Waals surface area contributed by atoms with E-state index in [9.17, 15) is 34.2 Å². The van der Waals surface area contributed by atoms with E-state index in [1.54, 1.807) is 30.3 Å². The molecule has 0 aromatic heterocycles. The largest absolute Gasteiger partial charge is 0.508 e. The van der Waals surface area contributed by atoms with Crippen LogP contribution in [-0.4, -0.2) is 69.7 Å². The van der Waals surface area contributed by atoms with Crippen molar-refractivity contribution in [2.75, 3.05) is 6.54 Å². The number of aliphatic carboxylic acids is 2. The van der Waals surface area contributed by atoms with Gasteiger partial charge in [0.1, 0.15) is 17.8 Å². The Balaban J connectivity index is 2.06. The molecule has 12 nitrogen and oxygen atoms in total. The molecule has 3 atom stereocenters. The maximum Gasteiger partial charge on any atom is 0.326 e. The van der Waals surface area contributed by atoms with Crippen LogP contribution in [0.15, 0.2) is 54.6 Å². The van der Waals surface area contributed by atoms with Crippen molar-refractivity contribution in [2.45, 2.75) is 43.8 Å². The first kappa shape index (κ1) is 28.8. The Kier molecular flexibility index (Phi) is 11.0. The van der Waals surface area contributed by atoms with Crippen molar-refractivity contribution >= 4 is 29.7 Å². The van der Waals surface area contributed by atoms with Crippen molar-refractivity contribution in [1.29, 1.82) is 0 Å². The zero-order valence-electron chi connectivity index (χ0n) is 19.9. The molecule has 0 saturated carbocycles. The molecule has 2 rings (SSSR count). The van der Waals surface area contributed by atoms with E-state index in [1.807, 2.05) is 0 Å². The van der Waals surface area contributed by atoms with Crippen LogP contribution >= 0.6 is 0 Å². The molecule has 0 spiro atoms. The van der Waals surface area contributed by atoms with E-state index in [1.165, 1.54) is 24.3 Å². The normalized spacial score (nSPS) is 13.0. The number of phenolic OH excluding ortho intramolecular Hbond substituents is 1. The number of carbonyl (C=O) groups is 5. The predicted molar refractivity (Wildman–Crippen MR) is 131 cm³/mol. The second-order valence-electron chi connectivity index (χ2n) is 8.34. The van der Waals surface area contributed by atoms with Crippen LogP contribution in [0.5, 0.6) is 5.75 Å². The van der Waals surface area contributed by atoms with Gasteiger partial charge in [0.15, 0.2) is 0 Å². The number of phenols is 1. The monoisotopic (exact) mass is 514 g/mol. The first-order chi connectivity index (χ1) is 17.5. The zero-order valence-corrected chi connectivity index (χ0v) is 19.9. The number of benzene rings is 2. The zero-order chi connectivity index (χ0) is 27.4. The van der Waals surface area contributed by atoms with Crippen molar-refractivity contribution in [2.24, 2.45) is 5.73 Å². The van der Waals surface area contributed by atoms with Crippen LogP contribution in [0.3, 0.4) is 0 Å². The molecule has 0 saturated heterocycles. The van der Waals surface area contributed by atoms with Crippen molar-refractivity contribution in [3.05, 3.63) is 65.7 Å². The highest BCUT2D eigenvalue weighted by atomic mass is 16.4. The quantitative estimate of drug-likeness (QED) is 0.174. The summed E-state index contributed by atoms with van der Waals surface area (Å²) in [4.78, 5) is 60.0. The average molecular weight is 515 g/mol. The van der Waals surface area contributed by atoms with E-state index in [4.69, 9.17) is 10.8 Å². The summed E-state index contributed by atoms with van der Waals surface area (Å²) in [7, 11) is 0. The molecule has 0 radical (unpaired) electrons. The van der Waals surface area contributed by atoms with Crippen molar-refractivity contribution in [3.63, 3.8) is 0 Å². The lowest BCUT2D eigenvalue weighted by molar-refractivity contribution is -0.142. The lowest BCUT2D eigenvalue weighted by atomic mass is 10.0. The van der Waals surface area contributed by atoms with Gasteiger partial charge in [0.25, 0.3) is 0 Å². The summed E-state index contributed by atoms with van der Waals surface area (Å²) in [5.74, 6) is -4.57. The highest BCUT2D eigenvalue weighted by Gasteiger charge is 2.27. The third-order valence-electron chi connectivity index (χ3n) is 5.35. The number of hydrogen-bond donors (Lipinski definition) is 7. The number of rotatable bonds is 14. The number of nitrogens with two attached hydrogens (primary N) is 1. The fraction of sp³-hybridized carbons (Fsp3) is 0.320. The summed E-state index contributed by atoms with van der Waals surface area (Å²) in [6.07, 6.45) is -0.428. The highest BCUT2D eigenvalue weighted by molar-refractivity contribution is 5.92. The van der Waals surface area contributed by atoms with Crippen molar-refractivity contribution in [3.8, 4) is 5.75 Å². The van der Waals surface area contributed by atoms with Gasteiger partial charge in [0.2, 0.25) is 17.7 Å². The van der Waals surface area contributed by atoms with Crippen molar-refractivity contribution < 1.29 is 39.3 Å². The minimum atomic E-state index is -1.31. The minimum Gasteiger partial charge on any atom is -0.508 e. The van der Waals surface area contributed by atoms with Gasteiger partial charge in [-0.3, -0.25) is 19.2 Å². The molecule has 0 fully saturated rings. The number of nitrogens with one attached hydrogen (secondary N) is 3. The van der Waals surface area contributed by atoms with E-state index < -0.39 is 54.3 Å². The second kappa shape index (κ2) is 14.2. The van der Waals surface area contributed by atoms with Gasteiger partial charge in [0.05, 0.1) is 12.6 Å². The Morgan fingerprint density at radius 3 is 1.97 bits per heavy atom. The SMILES string of the molecule is NC(CCC(=O)O)C(=O)NCC(=O)NC(Cc1ccccc1)C(=O)NC(Cc1ccc(O)cc1)C(=O)O. The number of carboxylic acids is 2. The van der Waals surface area contributed by atoms with Crippen LogP contribution in [0.2, 0.25) is 0 Å². The molecule has 12 heteroatoms. The number of aromatic hydroxyl groups is 1. The Morgan fingerprint density at radius 2 is 1.38 bits per heavy atom. The molecule has 0 aliphatic heterocycles. The number of carbonyl (C=O) groups excluding carboxylic acids is 3.